The SMILES string of the molecule is Cc1c(Cl)cccc1NS(=O)(=O)c1ccccc1O. The van der Waals surface area contributed by atoms with Crippen LogP contribution in [0.15, 0.2) is 47.4 Å². The number of sulfonamides is 1. The van der Waals surface area contributed by atoms with Gasteiger partial charge >= 0.3 is 0 Å². The lowest BCUT2D eigenvalue weighted by molar-refractivity contribution is 0.459. The van der Waals surface area contributed by atoms with E-state index in [0.717, 1.165) is 0 Å². The summed E-state index contributed by atoms with van der Waals surface area (Å²) in [5, 5.41) is 10.1. The third kappa shape index (κ3) is 2.83. The molecule has 100 valence electrons. The van der Waals surface area contributed by atoms with Crippen LogP contribution in [0.3, 0.4) is 0 Å². The Morgan fingerprint density at radius 3 is 2.47 bits per heavy atom. The Kier molecular flexibility index (Phi) is 3.68. The molecule has 0 amide bonds. The maximum absolute atomic E-state index is 12.2. The van der Waals surface area contributed by atoms with E-state index in [1.165, 1.54) is 12.1 Å². The van der Waals surface area contributed by atoms with Gasteiger partial charge in [0.1, 0.15) is 10.6 Å². The Balaban J connectivity index is 2.43. The Morgan fingerprint density at radius 1 is 1.11 bits per heavy atom. The maximum Gasteiger partial charge on any atom is 0.265 e. The molecule has 0 aromatic heterocycles. The van der Waals surface area contributed by atoms with Crippen LogP contribution in [0.4, 0.5) is 5.69 Å². The highest BCUT2D eigenvalue weighted by Gasteiger charge is 2.19. The Labute approximate surface area is 116 Å². The smallest absolute Gasteiger partial charge is 0.265 e. The Bertz CT molecular complexity index is 714. The predicted molar refractivity (Wildman–Crippen MR) is 75.1 cm³/mol. The molecule has 19 heavy (non-hydrogen) atoms. The average molecular weight is 298 g/mol. The second-order valence-electron chi connectivity index (χ2n) is 3.99. The van der Waals surface area contributed by atoms with Crippen LogP contribution < -0.4 is 4.72 Å². The summed E-state index contributed by atoms with van der Waals surface area (Å²) in [6.45, 7) is 1.71. The topological polar surface area (TPSA) is 66.4 Å². The minimum Gasteiger partial charge on any atom is -0.507 e. The van der Waals surface area contributed by atoms with Crippen molar-refractivity contribution in [2.75, 3.05) is 4.72 Å². The van der Waals surface area contributed by atoms with Crippen molar-refractivity contribution in [3.63, 3.8) is 0 Å². The molecule has 0 aliphatic heterocycles. The third-order valence-electron chi connectivity index (χ3n) is 2.67. The van der Waals surface area contributed by atoms with Gasteiger partial charge in [-0.2, -0.15) is 0 Å². The number of para-hydroxylation sites is 1. The second-order valence-corrected chi connectivity index (χ2v) is 6.04. The van der Waals surface area contributed by atoms with Crippen molar-refractivity contribution < 1.29 is 13.5 Å². The average Bonchev–Trinajstić information content (AvgIpc) is 2.35. The zero-order chi connectivity index (χ0) is 14.0. The maximum atomic E-state index is 12.2. The van der Waals surface area contributed by atoms with Crippen molar-refractivity contribution in [1.82, 2.24) is 0 Å². The van der Waals surface area contributed by atoms with Gasteiger partial charge in [-0.15, -0.1) is 0 Å². The van der Waals surface area contributed by atoms with Gasteiger partial charge in [0, 0.05) is 5.02 Å². The normalized spacial score (nSPS) is 11.3. The van der Waals surface area contributed by atoms with Crippen LogP contribution in [-0.4, -0.2) is 13.5 Å². The van der Waals surface area contributed by atoms with Crippen LogP contribution in [0.1, 0.15) is 5.56 Å². The summed E-state index contributed by atoms with van der Waals surface area (Å²) in [5.41, 5.74) is 1.01. The zero-order valence-corrected chi connectivity index (χ0v) is 11.7. The van der Waals surface area contributed by atoms with Crippen LogP contribution in [0.2, 0.25) is 5.02 Å². The Hall–Kier alpha value is -1.72. The van der Waals surface area contributed by atoms with Gasteiger partial charge in [0.25, 0.3) is 10.0 Å². The third-order valence-corrected chi connectivity index (χ3v) is 4.49. The molecule has 2 aromatic carbocycles. The zero-order valence-electron chi connectivity index (χ0n) is 10.1. The van der Waals surface area contributed by atoms with Gasteiger partial charge < -0.3 is 5.11 Å². The number of hydrogen-bond donors (Lipinski definition) is 2. The van der Waals surface area contributed by atoms with E-state index in [0.29, 0.717) is 16.3 Å². The molecule has 6 heteroatoms. The van der Waals surface area contributed by atoms with E-state index in [1.807, 2.05) is 0 Å². The van der Waals surface area contributed by atoms with Crippen molar-refractivity contribution in [3.8, 4) is 5.75 Å². The van der Waals surface area contributed by atoms with Crippen molar-refractivity contribution in [1.29, 1.82) is 0 Å². The first kappa shape index (κ1) is 13.7. The number of phenolic OH excluding ortho intramolecular Hbond substituents is 1. The Morgan fingerprint density at radius 2 is 1.79 bits per heavy atom. The number of rotatable bonds is 3. The number of aromatic hydroxyl groups is 1. The van der Waals surface area contributed by atoms with Gasteiger partial charge in [-0.05, 0) is 36.8 Å². The molecule has 0 heterocycles. The van der Waals surface area contributed by atoms with Crippen molar-refractivity contribution in [2.24, 2.45) is 0 Å². The molecule has 2 aromatic rings. The van der Waals surface area contributed by atoms with Crippen LogP contribution in [0.25, 0.3) is 0 Å². The summed E-state index contributed by atoms with van der Waals surface area (Å²) in [5.74, 6) is -0.297. The lowest BCUT2D eigenvalue weighted by Crippen LogP contribution is -2.13. The summed E-state index contributed by atoms with van der Waals surface area (Å²) in [6, 6.07) is 10.7. The molecule has 0 saturated heterocycles. The molecule has 0 aliphatic carbocycles. The molecule has 2 N–H and O–H groups in total. The molecular formula is C13H12ClNO3S. The molecule has 0 radical (unpaired) electrons. The summed E-state index contributed by atoms with van der Waals surface area (Å²) in [7, 11) is -3.84. The fraction of sp³-hybridized carbons (Fsp3) is 0.0769. The summed E-state index contributed by atoms with van der Waals surface area (Å²) in [4.78, 5) is -0.172. The van der Waals surface area contributed by atoms with Gasteiger partial charge in [-0.1, -0.05) is 29.8 Å². The van der Waals surface area contributed by atoms with Crippen molar-refractivity contribution in [2.45, 2.75) is 11.8 Å². The minimum absolute atomic E-state index is 0.172. The minimum atomic E-state index is -3.84. The fourth-order valence-corrected chi connectivity index (χ4v) is 3.00. The highest BCUT2D eigenvalue weighted by molar-refractivity contribution is 7.92. The van der Waals surface area contributed by atoms with Crippen molar-refractivity contribution in [3.05, 3.63) is 53.1 Å². The molecule has 0 atom stereocenters. The largest absolute Gasteiger partial charge is 0.507 e. The van der Waals surface area contributed by atoms with Gasteiger partial charge in [0.2, 0.25) is 0 Å². The molecule has 0 aliphatic rings. The molecular weight excluding hydrogens is 286 g/mol. The first-order chi connectivity index (χ1) is 8.92. The molecule has 0 saturated carbocycles. The standard InChI is InChI=1S/C13H12ClNO3S/c1-9-10(14)5-4-6-11(9)15-19(17,18)13-8-3-2-7-12(13)16/h2-8,15-16H,1H3. The number of nitrogens with one attached hydrogen (secondary N) is 1. The number of phenols is 1. The molecule has 0 unspecified atom stereocenters. The quantitative estimate of drug-likeness (QED) is 0.914. The van der Waals surface area contributed by atoms with E-state index in [-0.39, 0.29) is 10.6 Å². The van der Waals surface area contributed by atoms with E-state index in [4.69, 9.17) is 11.6 Å². The lowest BCUT2D eigenvalue weighted by Gasteiger charge is -2.12. The fourth-order valence-electron chi connectivity index (χ4n) is 1.60. The number of benzene rings is 2. The molecule has 0 spiro atoms. The molecule has 2 rings (SSSR count). The van der Waals surface area contributed by atoms with Gasteiger partial charge in [0.05, 0.1) is 5.69 Å². The summed E-state index contributed by atoms with van der Waals surface area (Å²) < 4.78 is 26.8. The van der Waals surface area contributed by atoms with Gasteiger partial charge in [0.15, 0.2) is 0 Å². The highest BCUT2D eigenvalue weighted by Crippen LogP contribution is 2.28. The molecule has 4 nitrogen and oxygen atoms in total. The lowest BCUT2D eigenvalue weighted by atomic mass is 10.2. The summed E-state index contributed by atoms with van der Waals surface area (Å²) in [6.07, 6.45) is 0. The van der Waals surface area contributed by atoms with Crippen LogP contribution in [0, 0.1) is 6.92 Å². The van der Waals surface area contributed by atoms with Gasteiger partial charge in [-0.25, -0.2) is 8.42 Å². The predicted octanol–water partition coefficient (Wildman–Crippen LogP) is 3.15. The van der Waals surface area contributed by atoms with Crippen LogP contribution in [-0.2, 0) is 10.0 Å². The first-order valence-corrected chi connectivity index (χ1v) is 7.34. The van der Waals surface area contributed by atoms with E-state index >= 15 is 0 Å². The van der Waals surface area contributed by atoms with E-state index in [9.17, 15) is 13.5 Å². The second kappa shape index (κ2) is 5.11. The van der Waals surface area contributed by atoms with Crippen molar-refractivity contribution >= 4 is 27.3 Å². The molecule has 0 fully saturated rings. The first-order valence-electron chi connectivity index (χ1n) is 5.48. The van der Waals surface area contributed by atoms with Crippen LogP contribution >= 0.6 is 11.6 Å². The van der Waals surface area contributed by atoms with E-state index in [2.05, 4.69) is 4.72 Å². The summed E-state index contributed by atoms with van der Waals surface area (Å²) >= 11 is 5.94. The number of hydrogen-bond acceptors (Lipinski definition) is 3. The van der Waals surface area contributed by atoms with E-state index in [1.54, 1.807) is 37.3 Å². The highest BCUT2D eigenvalue weighted by atomic mass is 35.5. The number of anilines is 1. The number of halogens is 1. The monoisotopic (exact) mass is 297 g/mol. The van der Waals surface area contributed by atoms with Crippen LogP contribution in [0.5, 0.6) is 5.75 Å². The molecule has 0 bridgehead atoms. The van der Waals surface area contributed by atoms with Gasteiger partial charge in [-0.3, -0.25) is 4.72 Å². The van der Waals surface area contributed by atoms with E-state index < -0.39 is 10.0 Å².